The smallest absolute Gasteiger partial charge is 0.307 e. The molecule has 0 aromatic heterocycles. The fourth-order valence-corrected chi connectivity index (χ4v) is 3.06. The Morgan fingerprint density at radius 2 is 2.07 bits per heavy atom. The van der Waals surface area contributed by atoms with Crippen LogP contribution in [0, 0.1) is 11.8 Å². The van der Waals surface area contributed by atoms with E-state index in [-0.39, 0.29) is 24.4 Å². The molecule has 0 fully saturated rings. The average molecular weight is 401 g/mol. The van der Waals surface area contributed by atoms with E-state index in [9.17, 15) is 4.79 Å². The van der Waals surface area contributed by atoms with Crippen LogP contribution in [-0.4, -0.2) is 32.4 Å². The number of rotatable bonds is 6. The molecule has 0 saturated heterocycles. The molecule has 28 heavy (non-hydrogen) atoms. The number of hydrogen-bond acceptors (Lipinski definition) is 5. The molecule has 0 N–H and O–H groups in total. The van der Waals surface area contributed by atoms with Gasteiger partial charge in [0.25, 0.3) is 0 Å². The van der Waals surface area contributed by atoms with Gasteiger partial charge in [-0.1, -0.05) is 35.7 Å². The van der Waals surface area contributed by atoms with Gasteiger partial charge in [0.2, 0.25) is 0 Å². The summed E-state index contributed by atoms with van der Waals surface area (Å²) in [7, 11) is 1.37. The van der Waals surface area contributed by atoms with Crippen molar-refractivity contribution >= 4 is 17.6 Å². The number of benzene rings is 2. The van der Waals surface area contributed by atoms with Gasteiger partial charge in [-0.25, -0.2) is 0 Å². The standard InChI is InChI=1S/C22H21ClO5/c1-3-5-16(12-21(24)25-2)15-8-10-17(11-9-15)26-13-18-14-27-20-7-4-6-19(23)22(20)28-18/h4,6-11,16,18H,12-14H2,1-2H3/t16-,18-/m0/s1. The maximum atomic E-state index is 11.6. The minimum Gasteiger partial charge on any atom is -0.490 e. The molecular formula is C22H21ClO5. The summed E-state index contributed by atoms with van der Waals surface area (Å²) >= 11 is 6.15. The highest BCUT2D eigenvalue weighted by Crippen LogP contribution is 2.38. The van der Waals surface area contributed by atoms with Crippen molar-refractivity contribution in [2.45, 2.75) is 25.4 Å². The molecule has 0 aliphatic carbocycles. The van der Waals surface area contributed by atoms with Crippen LogP contribution in [0.15, 0.2) is 42.5 Å². The molecule has 6 heteroatoms. The highest BCUT2D eigenvalue weighted by molar-refractivity contribution is 6.32. The molecule has 2 atom stereocenters. The number of ether oxygens (including phenoxy) is 4. The number of hydrogen-bond donors (Lipinski definition) is 0. The minimum atomic E-state index is -0.290. The Balaban J connectivity index is 1.59. The summed E-state index contributed by atoms with van der Waals surface area (Å²) in [5.41, 5.74) is 0.935. The predicted molar refractivity (Wildman–Crippen MR) is 106 cm³/mol. The number of fused-ring (bicyclic) bond motifs is 1. The van der Waals surface area contributed by atoms with Crippen LogP contribution in [0.1, 0.15) is 24.8 Å². The van der Waals surface area contributed by atoms with Crippen molar-refractivity contribution in [2.75, 3.05) is 20.3 Å². The zero-order valence-corrected chi connectivity index (χ0v) is 16.5. The Kier molecular flexibility index (Phi) is 6.67. The number of halogens is 1. The highest BCUT2D eigenvalue weighted by Gasteiger charge is 2.23. The van der Waals surface area contributed by atoms with Crippen LogP contribution in [-0.2, 0) is 9.53 Å². The van der Waals surface area contributed by atoms with Crippen LogP contribution in [0.5, 0.6) is 17.2 Å². The van der Waals surface area contributed by atoms with Gasteiger partial charge >= 0.3 is 5.97 Å². The fraction of sp³-hybridized carbons (Fsp3) is 0.318. The third-order valence-corrected chi connectivity index (χ3v) is 4.57. The van der Waals surface area contributed by atoms with E-state index in [1.165, 1.54) is 7.11 Å². The predicted octanol–water partition coefficient (Wildman–Crippen LogP) is 4.23. The third kappa shape index (κ3) is 4.90. The van der Waals surface area contributed by atoms with Gasteiger partial charge in [-0.05, 0) is 36.8 Å². The molecule has 1 heterocycles. The van der Waals surface area contributed by atoms with Gasteiger partial charge < -0.3 is 18.9 Å². The van der Waals surface area contributed by atoms with E-state index >= 15 is 0 Å². The molecule has 0 unspecified atom stereocenters. The first-order chi connectivity index (χ1) is 13.6. The summed E-state index contributed by atoms with van der Waals surface area (Å²) in [6, 6.07) is 12.9. The fourth-order valence-electron chi connectivity index (χ4n) is 2.84. The molecule has 0 spiro atoms. The zero-order valence-electron chi connectivity index (χ0n) is 15.7. The van der Waals surface area contributed by atoms with Gasteiger partial charge in [0.1, 0.15) is 19.0 Å². The molecule has 2 aromatic carbocycles. The molecule has 1 aliphatic rings. The van der Waals surface area contributed by atoms with E-state index in [4.69, 9.17) is 30.5 Å². The largest absolute Gasteiger partial charge is 0.490 e. The summed E-state index contributed by atoms with van der Waals surface area (Å²) in [4.78, 5) is 11.6. The topological polar surface area (TPSA) is 54.0 Å². The molecule has 5 nitrogen and oxygen atoms in total. The van der Waals surface area contributed by atoms with Crippen molar-refractivity contribution in [1.82, 2.24) is 0 Å². The quantitative estimate of drug-likeness (QED) is 0.536. The monoisotopic (exact) mass is 400 g/mol. The van der Waals surface area contributed by atoms with Crippen LogP contribution in [0.2, 0.25) is 5.02 Å². The normalized spacial score (nSPS) is 15.8. The van der Waals surface area contributed by atoms with Crippen molar-refractivity contribution in [1.29, 1.82) is 0 Å². The van der Waals surface area contributed by atoms with Crippen LogP contribution in [0.3, 0.4) is 0 Å². The van der Waals surface area contributed by atoms with E-state index < -0.39 is 0 Å². The number of carbonyl (C=O) groups excluding carboxylic acids is 1. The Morgan fingerprint density at radius 1 is 1.29 bits per heavy atom. The zero-order chi connectivity index (χ0) is 19.9. The number of esters is 1. The molecular weight excluding hydrogens is 380 g/mol. The SMILES string of the molecule is CC#C[C@@H](CC(=O)OC)c1ccc(OC[C@H]2COc3cccc(Cl)c3O2)cc1. The second kappa shape index (κ2) is 9.38. The highest BCUT2D eigenvalue weighted by atomic mass is 35.5. The third-order valence-electron chi connectivity index (χ3n) is 4.28. The first-order valence-corrected chi connectivity index (χ1v) is 9.28. The maximum Gasteiger partial charge on any atom is 0.307 e. The van der Waals surface area contributed by atoms with Gasteiger partial charge in [0, 0.05) is 0 Å². The summed E-state index contributed by atoms with van der Waals surface area (Å²) in [5, 5.41) is 0.514. The van der Waals surface area contributed by atoms with E-state index in [1.54, 1.807) is 13.0 Å². The Bertz CT molecular complexity index is 882. The molecule has 0 saturated carbocycles. The minimum absolute atomic E-state index is 0.208. The molecule has 0 bridgehead atoms. The van der Waals surface area contributed by atoms with Gasteiger partial charge in [-0.3, -0.25) is 4.79 Å². The van der Waals surface area contributed by atoms with E-state index in [2.05, 4.69) is 11.8 Å². The number of para-hydroxylation sites is 1. The van der Waals surface area contributed by atoms with Crippen LogP contribution in [0.25, 0.3) is 0 Å². The lowest BCUT2D eigenvalue weighted by atomic mass is 9.96. The summed E-state index contributed by atoms with van der Waals surface area (Å²) in [5.74, 6) is 7.28. The van der Waals surface area contributed by atoms with Gasteiger partial charge in [0.15, 0.2) is 17.6 Å². The van der Waals surface area contributed by atoms with Gasteiger partial charge in [0.05, 0.1) is 24.5 Å². The van der Waals surface area contributed by atoms with Crippen LogP contribution >= 0.6 is 11.6 Å². The first kappa shape index (κ1) is 19.9. The molecule has 1 aliphatic heterocycles. The van der Waals surface area contributed by atoms with Crippen LogP contribution in [0.4, 0.5) is 0 Å². The molecule has 2 aromatic rings. The van der Waals surface area contributed by atoms with E-state index in [1.807, 2.05) is 36.4 Å². The molecule has 0 radical (unpaired) electrons. The number of carbonyl (C=O) groups is 1. The first-order valence-electron chi connectivity index (χ1n) is 8.90. The molecule has 146 valence electrons. The number of methoxy groups -OCH3 is 1. The van der Waals surface area contributed by atoms with Gasteiger partial charge in [-0.15, -0.1) is 5.92 Å². The van der Waals surface area contributed by atoms with Crippen molar-refractivity contribution in [3.63, 3.8) is 0 Å². The van der Waals surface area contributed by atoms with Crippen molar-refractivity contribution in [3.05, 3.63) is 53.1 Å². The second-order valence-electron chi connectivity index (χ2n) is 6.23. The van der Waals surface area contributed by atoms with E-state index in [0.29, 0.717) is 35.5 Å². The maximum absolute atomic E-state index is 11.6. The lowest BCUT2D eigenvalue weighted by Gasteiger charge is -2.27. The van der Waals surface area contributed by atoms with Crippen molar-refractivity contribution in [3.8, 4) is 29.1 Å². The van der Waals surface area contributed by atoms with Crippen molar-refractivity contribution < 1.29 is 23.7 Å². The van der Waals surface area contributed by atoms with Crippen molar-refractivity contribution in [2.24, 2.45) is 0 Å². The summed E-state index contributed by atoms with van der Waals surface area (Å²) in [6.45, 7) is 2.46. The van der Waals surface area contributed by atoms with E-state index in [0.717, 1.165) is 5.56 Å². The lowest BCUT2D eigenvalue weighted by Crippen LogP contribution is -2.34. The summed E-state index contributed by atoms with van der Waals surface area (Å²) < 4.78 is 22.1. The summed E-state index contributed by atoms with van der Waals surface area (Å²) in [6.07, 6.45) is -0.0459. The molecule has 0 amide bonds. The van der Waals surface area contributed by atoms with Gasteiger partial charge in [-0.2, -0.15) is 0 Å². The second-order valence-corrected chi connectivity index (χ2v) is 6.63. The lowest BCUT2D eigenvalue weighted by molar-refractivity contribution is -0.140. The Hall–Kier alpha value is -2.84. The Labute approximate surface area is 169 Å². The van der Waals surface area contributed by atoms with Crippen LogP contribution < -0.4 is 14.2 Å². The molecule has 3 rings (SSSR count). The Morgan fingerprint density at radius 3 is 2.79 bits per heavy atom. The average Bonchev–Trinajstić information content (AvgIpc) is 2.72.